The molecule has 1 rings (SSSR count). The Balaban J connectivity index is 2.96. The highest BCUT2D eigenvalue weighted by atomic mass is 19.1. The number of carbonyl (C=O) groups is 1. The molecule has 0 radical (unpaired) electrons. The van der Waals surface area contributed by atoms with Crippen LogP contribution in [0.25, 0.3) is 0 Å². The average molecular weight is 239 g/mol. The van der Waals surface area contributed by atoms with Gasteiger partial charge in [-0.2, -0.15) is 0 Å². The van der Waals surface area contributed by atoms with Crippen molar-refractivity contribution in [2.75, 3.05) is 30.8 Å². The molecule has 0 fully saturated rings. The fourth-order valence-corrected chi connectivity index (χ4v) is 1.61. The molecule has 94 valence electrons. The van der Waals surface area contributed by atoms with Crippen LogP contribution in [-0.4, -0.2) is 26.0 Å². The quantitative estimate of drug-likeness (QED) is 0.763. The third-order valence-electron chi connectivity index (χ3n) is 2.48. The Kier molecular flexibility index (Phi) is 4.75. The van der Waals surface area contributed by atoms with E-state index in [4.69, 9.17) is 5.73 Å². The van der Waals surface area contributed by atoms with Gasteiger partial charge in [0.15, 0.2) is 0 Å². The molecule has 0 heterocycles. The molecule has 1 amide bonds. The average Bonchev–Trinajstić information content (AvgIpc) is 2.32. The highest BCUT2D eigenvalue weighted by Gasteiger charge is 2.14. The zero-order chi connectivity index (χ0) is 12.8. The smallest absolute Gasteiger partial charge is 0.239 e. The van der Waals surface area contributed by atoms with Gasteiger partial charge >= 0.3 is 0 Å². The second kappa shape index (κ2) is 6.08. The van der Waals surface area contributed by atoms with E-state index in [1.807, 2.05) is 6.92 Å². The highest BCUT2D eigenvalue weighted by Crippen LogP contribution is 2.25. The number of halogens is 1. The molecule has 1 aromatic rings. The van der Waals surface area contributed by atoms with Crippen LogP contribution in [-0.2, 0) is 4.79 Å². The van der Waals surface area contributed by atoms with E-state index >= 15 is 0 Å². The normalized spacial score (nSPS) is 10.1. The number of benzene rings is 1. The minimum atomic E-state index is -0.458. The number of hydrogen-bond acceptors (Lipinski definition) is 3. The van der Waals surface area contributed by atoms with Crippen LogP contribution in [0.2, 0.25) is 0 Å². The lowest BCUT2D eigenvalue weighted by Gasteiger charge is -2.24. The van der Waals surface area contributed by atoms with Gasteiger partial charge in [0.25, 0.3) is 0 Å². The summed E-state index contributed by atoms with van der Waals surface area (Å²) >= 11 is 0. The lowest BCUT2D eigenvalue weighted by atomic mass is 10.2. The number of nitrogens with zero attached hydrogens (tertiary/aromatic N) is 1. The van der Waals surface area contributed by atoms with Gasteiger partial charge in [-0.3, -0.25) is 4.79 Å². The Hall–Kier alpha value is -1.78. The van der Waals surface area contributed by atoms with Crippen molar-refractivity contribution in [2.45, 2.75) is 13.3 Å². The van der Waals surface area contributed by atoms with Gasteiger partial charge in [0.05, 0.1) is 17.9 Å². The van der Waals surface area contributed by atoms with Gasteiger partial charge in [-0.15, -0.1) is 0 Å². The number of hydrogen-bond donors (Lipinski definition) is 2. The van der Waals surface area contributed by atoms with E-state index in [0.717, 1.165) is 6.42 Å². The molecule has 0 saturated carbocycles. The van der Waals surface area contributed by atoms with Gasteiger partial charge in [-0.25, -0.2) is 4.39 Å². The highest BCUT2D eigenvalue weighted by molar-refractivity contribution is 5.82. The van der Waals surface area contributed by atoms with Crippen molar-refractivity contribution in [3.63, 3.8) is 0 Å². The number of rotatable bonds is 5. The summed E-state index contributed by atoms with van der Waals surface area (Å²) in [4.78, 5) is 13.2. The van der Waals surface area contributed by atoms with Gasteiger partial charge in [0.1, 0.15) is 5.82 Å². The fourth-order valence-electron chi connectivity index (χ4n) is 1.61. The van der Waals surface area contributed by atoms with Gasteiger partial charge in [0.2, 0.25) is 5.91 Å². The maximum atomic E-state index is 13.3. The predicted octanol–water partition coefficient (Wildman–Crippen LogP) is 1.37. The number of para-hydroxylation sites is 1. The van der Waals surface area contributed by atoms with Crippen LogP contribution >= 0.6 is 0 Å². The predicted molar refractivity (Wildman–Crippen MR) is 67.4 cm³/mol. The summed E-state index contributed by atoms with van der Waals surface area (Å²) in [5.74, 6) is -0.581. The third-order valence-corrected chi connectivity index (χ3v) is 2.48. The SMILES string of the molecule is CCCN(CC(=O)NC)c1cccc(F)c1N. The van der Waals surface area contributed by atoms with Gasteiger partial charge in [0, 0.05) is 13.6 Å². The van der Waals surface area contributed by atoms with Crippen LogP contribution in [0.3, 0.4) is 0 Å². The number of anilines is 2. The molecule has 0 aliphatic heterocycles. The summed E-state index contributed by atoms with van der Waals surface area (Å²) in [6.07, 6.45) is 0.854. The topological polar surface area (TPSA) is 58.4 Å². The number of nitrogens with two attached hydrogens (primary N) is 1. The molecule has 0 aliphatic carbocycles. The van der Waals surface area contributed by atoms with Crippen molar-refractivity contribution in [3.05, 3.63) is 24.0 Å². The molecule has 3 N–H and O–H groups in total. The maximum absolute atomic E-state index is 13.3. The molecular formula is C12H18FN3O. The van der Waals surface area contributed by atoms with Gasteiger partial charge in [-0.1, -0.05) is 13.0 Å². The zero-order valence-corrected chi connectivity index (χ0v) is 10.2. The second-order valence-electron chi connectivity index (χ2n) is 3.77. The van der Waals surface area contributed by atoms with E-state index in [0.29, 0.717) is 12.2 Å². The van der Waals surface area contributed by atoms with Crippen LogP contribution in [0, 0.1) is 5.82 Å². The van der Waals surface area contributed by atoms with E-state index in [9.17, 15) is 9.18 Å². The van der Waals surface area contributed by atoms with Gasteiger partial charge < -0.3 is 16.0 Å². The van der Waals surface area contributed by atoms with E-state index in [1.165, 1.54) is 6.07 Å². The van der Waals surface area contributed by atoms with Crippen LogP contribution in [0.15, 0.2) is 18.2 Å². The Bertz CT molecular complexity index is 395. The van der Waals surface area contributed by atoms with Crippen LogP contribution in [0.1, 0.15) is 13.3 Å². The van der Waals surface area contributed by atoms with Crippen molar-refractivity contribution in [2.24, 2.45) is 0 Å². The number of amides is 1. The van der Waals surface area contributed by atoms with E-state index in [1.54, 1.807) is 24.1 Å². The van der Waals surface area contributed by atoms with E-state index in [2.05, 4.69) is 5.32 Å². The molecule has 0 unspecified atom stereocenters. The van der Waals surface area contributed by atoms with E-state index < -0.39 is 5.82 Å². The van der Waals surface area contributed by atoms with Crippen molar-refractivity contribution in [1.29, 1.82) is 0 Å². The molecule has 5 heteroatoms. The van der Waals surface area contributed by atoms with Crippen molar-refractivity contribution < 1.29 is 9.18 Å². The van der Waals surface area contributed by atoms with Crippen molar-refractivity contribution in [3.8, 4) is 0 Å². The third kappa shape index (κ3) is 3.34. The Morgan fingerprint density at radius 3 is 2.82 bits per heavy atom. The summed E-state index contributed by atoms with van der Waals surface area (Å²) in [7, 11) is 1.57. The second-order valence-corrected chi connectivity index (χ2v) is 3.77. The van der Waals surface area contributed by atoms with Crippen LogP contribution in [0.4, 0.5) is 15.8 Å². The largest absolute Gasteiger partial charge is 0.395 e. The summed E-state index contributed by atoms with van der Waals surface area (Å²) in [5, 5.41) is 2.54. The first-order valence-electron chi connectivity index (χ1n) is 5.59. The first kappa shape index (κ1) is 13.3. The molecule has 4 nitrogen and oxygen atoms in total. The molecule has 1 aromatic carbocycles. The Morgan fingerprint density at radius 2 is 2.24 bits per heavy atom. The number of carbonyl (C=O) groups excluding carboxylic acids is 1. The molecule has 0 atom stereocenters. The minimum absolute atomic E-state index is 0.0878. The van der Waals surface area contributed by atoms with Gasteiger partial charge in [-0.05, 0) is 18.6 Å². The Morgan fingerprint density at radius 1 is 1.53 bits per heavy atom. The lowest BCUT2D eigenvalue weighted by molar-refractivity contribution is -0.119. The summed E-state index contributed by atoms with van der Waals surface area (Å²) in [6.45, 7) is 2.82. The number of nitrogen functional groups attached to an aromatic ring is 1. The lowest BCUT2D eigenvalue weighted by Crippen LogP contribution is -2.36. The molecule has 0 saturated heterocycles. The monoisotopic (exact) mass is 239 g/mol. The molecule has 0 aromatic heterocycles. The Labute approximate surface area is 101 Å². The molecule has 0 aliphatic rings. The van der Waals surface area contributed by atoms with Crippen molar-refractivity contribution >= 4 is 17.3 Å². The first-order valence-corrected chi connectivity index (χ1v) is 5.59. The summed E-state index contributed by atoms with van der Waals surface area (Å²) < 4.78 is 13.3. The minimum Gasteiger partial charge on any atom is -0.395 e. The zero-order valence-electron chi connectivity index (χ0n) is 10.2. The van der Waals surface area contributed by atoms with Crippen LogP contribution in [0.5, 0.6) is 0 Å². The summed E-state index contributed by atoms with van der Waals surface area (Å²) in [6, 6.07) is 4.62. The van der Waals surface area contributed by atoms with E-state index in [-0.39, 0.29) is 18.1 Å². The molecular weight excluding hydrogens is 221 g/mol. The van der Waals surface area contributed by atoms with Crippen LogP contribution < -0.4 is 16.0 Å². The number of likely N-dealkylation sites (N-methyl/N-ethyl adjacent to an activating group) is 1. The standard InChI is InChI=1S/C12H18FN3O/c1-3-7-16(8-11(17)15-2)10-6-4-5-9(13)12(10)14/h4-6H,3,7-8,14H2,1-2H3,(H,15,17). The summed E-state index contributed by atoms with van der Waals surface area (Å²) in [5.41, 5.74) is 6.34. The molecule has 0 spiro atoms. The fraction of sp³-hybridized carbons (Fsp3) is 0.417. The first-order chi connectivity index (χ1) is 8.10. The maximum Gasteiger partial charge on any atom is 0.239 e. The molecule has 0 bridgehead atoms. The van der Waals surface area contributed by atoms with Crippen molar-refractivity contribution in [1.82, 2.24) is 5.32 Å². The number of nitrogens with one attached hydrogen (secondary N) is 1. The molecule has 17 heavy (non-hydrogen) atoms.